The standard InChI is InChI=1S/C23H30N6O2S.2C2H6/c1-5-6-20(23-25-9-14-32-23)26-29(17-24-3)16-22(30)28-12-10-27(11-13-28)19-8-7-18(2)21(15-19)31-4;2*1-2/h5,7-9,14-15H,1,3,6,10-13,16-17H2,2,4H3;2*1-2H3/b26-20+;;. The number of benzene rings is 1. The minimum Gasteiger partial charge on any atom is -0.496 e. The van der Waals surface area contributed by atoms with E-state index < -0.39 is 0 Å². The molecule has 2 heterocycles. The number of rotatable bonds is 10. The smallest absolute Gasteiger partial charge is 0.244 e. The molecule has 8 nitrogen and oxygen atoms in total. The van der Waals surface area contributed by atoms with Gasteiger partial charge in [-0.15, -0.1) is 17.9 Å². The minimum absolute atomic E-state index is 0.0237. The highest BCUT2D eigenvalue weighted by Crippen LogP contribution is 2.25. The van der Waals surface area contributed by atoms with Crippen molar-refractivity contribution in [1.29, 1.82) is 0 Å². The lowest BCUT2D eigenvalue weighted by Gasteiger charge is -2.37. The first-order valence-electron chi connectivity index (χ1n) is 12.5. The quantitative estimate of drug-likeness (QED) is 0.250. The lowest BCUT2D eigenvalue weighted by molar-refractivity contribution is -0.132. The van der Waals surface area contributed by atoms with Crippen molar-refractivity contribution < 1.29 is 9.53 Å². The summed E-state index contributed by atoms with van der Waals surface area (Å²) in [7, 11) is 1.68. The molecule has 1 aromatic carbocycles. The van der Waals surface area contributed by atoms with Crippen molar-refractivity contribution in [2.45, 2.75) is 41.0 Å². The Hall–Kier alpha value is -3.20. The van der Waals surface area contributed by atoms with E-state index in [-0.39, 0.29) is 19.1 Å². The van der Waals surface area contributed by atoms with Crippen LogP contribution in [0.5, 0.6) is 5.75 Å². The van der Waals surface area contributed by atoms with Gasteiger partial charge in [-0.2, -0.15) is 5.10 Å². The fourth-order valence-electron chi connectivity index (χ4n) is 3.55. The van der Waals surface area contributed by atoms with E-state index >= 15 is 0 Å². The van der Waals surface area contributed by atoms with E-state index in [0.717, 1.165) is 40.8 Å². The summed E-state index contributed by atoms with van der Waals surface area (Å²) < 4.78 is 5.45. The van der Waals surface area contributed by atoms with Crippen LogP contribution < -0.4 is 9.64 Å². The van der Waals surface area contributed by atoms with Gasteiger partial charge < -0.3 is 14.5 Å². The highest BCUT2D eigenvalue weighted by molar-refractivity contribution is 7.11. The number of nitrogens with zero attached hydrogens (tertiary/aromatic N) is 6. The third-order valence-corrected chi connectivity index (χ3v) is 6.07. The molecular weight excluding hydrogens is 472 g/mol. The van der Waals surface area contributed by atoms with Crippen LogP contribution in [0.2, 0.25) is 0 Å². The van der Waals surface area contributed by atoms with Gasteiger partial charge in [0.15, 0.2) is 0 Å². The Bertz CT molecular complexity index is 953. The Balaban J connectivity index is 0.00000154. The molecule has 9 heteroatoms. The summed E-state index contributed by atoms with van der Waals surface area (Å²) in [6.45, 7) is 20.6. The topological polar surface area (TPSA) is 73.6 Å². The number of hydrogen-bond donors (Lipinski definition) is 0. The number of ether oxygens (including phenoxy) is 1. The van der Waals surface area contributed by atoms with E-state index in [1.807, 2.05) is 44.9 Å². The Morgan fingerprint density at radius 1 is 1.22 bits per heavy atom. The number of allylic oxidation sites excluding steroid dienone is 1. The van der Waals surface area contributed by atoms with Gasteiger partial charge in [-0.1, -0.05) is 39.8 Å². The van der Waals surface area contributed by atoms with Crippen LogP contribution in [0.25, 0.3) is 0 Å². The van der Waals surface area contributed by atoms with Crippen molar-refractivity contribution in [3.63, 3.8) is 0 Å². The molecule has 1 fully saturated rings. The summed E-state index contributed by atoms with van der Waals surface area (Å²) in [6.07, 6.45) is 4.08. The number of hydrazone groups is 1. The fraction of sp³-hybridized carbons (Fsp3) is 0.481. The maximum atomic E-state index is 13.0. The van der Waals surface area contributed by atoms with Crippen LogP contribution >= 0.6 is 11.3 Å². The maximum absolute atomic E-state index is 13.0. The molecule has 1 aliphatic heterocycles. The van der Waals surface area contributed by atoms with Crippen LogP contribution in [0, 0.1) is 6.92 Å². The van der Waals surface area contributed by atoms with Crippen molar-refractivity contribution in [1.82, 2.24) is 14.9 Å². The number of carbonyl (C=O) groups excluding carboxylic acids is 1. The van der Waals surface area contributed by atoms with Crippen LogP contribution in [0.15, 0.2) is 52.5 Å². The Morgan fingerprint density at radius 2 is 1.92 bits per heavy atom. The summed E-state index contributed by atoms with van der Waals surface area (Å²) in [4.78, 5) is 25.4. The zero-order valence-corrected chi connectivity index (χ0v) is 23.6. The number of aliphatic imine (C=N–C) groups is 1. The summed E-state index contributed by atoms with van der Waals surface area (Å²) in [6, 6.07) is 6.22. The highest BCUT2D eigenvalue weighted by Gasteiger charge is 2.23. The van der Waals surface area contributed by atoms with Gasteiger partial charge in [0.25, 0.3) is 0 Å². The first-order valence-corrected chi connectivity index (χ1v) is 13.4. The number of aryl methyl sites for hydroxylation is 1. The number of thiazole rings is 1. The molecule has 3 rings (SSSR count). The second kappa shape index (κ2) is 17.3. The van der Waals surface area contributed by atoms with Crippen molar-refractivity contribution >= 4 is 35.4 Å². The number of anilines is 1. The summed E-state index contributed by atoms with van der Waals surface area (Å²) in [5, 5.41) is 9.00. The number of carbonyl (C=O) groups is 1. The number of hydrogen-bond acceptors (Lipinski definition) is 8. The molecule has 1 saturated heterocycles. The van der Waals surface area contributed by atoms with Crippen LogP contribution in [0.1, 0.15) is 44.7 Å². The summed E-state index contributed by atoms with van der Waals surface area (Å²) in [5.74, 6) is 0.901. The van der Waals surface area contributed by atoms with Gasteiger partial charge in [-0.3, -0.25) is 14.8 Å². The highest BCUT2D eigenvalue weighted by atomic mass is 32.1. The van der Waals surface area contributed by atoms with Gasteiger partial charge >= 0.3 is 0 Å². The Kier molecular flexibility index (Phi) is 14.8. The average Bonchev–Trinajstić information content (AvgIpc) is 3.46. The third-order valence-electron chi connectivity index (χ3n) is 5.25. The number of methoxy groups -OCH3 is 1. The predicted octanol–water partition coefficient (Wildman–Crippen LogP) is 5.10. The normalized spacial score (nSPS) is 13.0. The SMILES string of the molecule is C=CC/C(=N\N(CN=C)CC(=O)N1CCN(c2ccc(C)c(OC)c2)CC1)c1nccs1.CC.CC. The third kappa shape index (κ3) is 9.11. The van der Waals surface area contributed by atoms with Crippen molar-refractivity contribution in [3.05, 3.63) is 53.0 Å². The second-order valence-electron chi connectivity index (χ2n) is 7.43. The van der Waals surface area contributed by atoms with Crippen molar-refractivity contribution in [2.24, 2.45) is 10.1 Å². The van der Waals surface area contributed by atoms with Crippen molar-refractivity contribution in [3.8, 4) is 5.75 Å². The molecule has 1 amide bonds. The summed E-state index contributed by atoms with van der Waals surface area (Å²) in [5.41, 5.74) is 2.99. The molecule has 1 aliphatic rings. The van der Waals surface area contributed by atoms with Crippen LogP contribution in [0.4, 0.5) is 5.69 Å². The van der Waals surface area contributed by atoms with Crippen LogP contribution in [-0.2, 0) is 4.79 Å². The molecule has 198 valence electrons. The summed E-state index contributed by atoms with van der Waals surface area (Å²) >= 11 is 1.51. The monoisotopic (exact) mass is 514 g/mol. The van der Waals surface area contributed by atoms with E-state index in [0.29, 0.717) is 19.5 Å². The molecule has 0 aliphatic carbocycles. The second-order valence-corrected chi connectivity index (χ2v) is 8.32. The molecule has 0 atom stereocenters. The number of aromatic nitrogens is 1. The molecule has 2 aromatic rings. The average molecular weight is 515 g/mol. The molecule has 0 N–H and O–H groups in total. The van der Waals surface area contributed by atoms with Gasteiger partial charge in [-0.05, 0) is 25.3 Å². The van der Waals surface area contributed by atoms with Gasteiger partial charge in [-0.25, -0.2) is 4.98 Å². The van der Waals surface area contributed by atoms with E-state index in [2.05, 4.69) is 51.5 Å². The number of piperazine rings is 1. The zero-order valence-electron chi connectivity index (χ0n) is 22.7. The Morgan fingerprint density at radius 3 is 2.47 bits per heavy atom. The molecule has 0 saturated carbocycles. The lowest BCUT2D eigenvalue weighted by Crippen LogP contribution is -2.51. The molecule has 1 aromatic heterocycles. The van der Waals surface area contributed by atoms with Gasteiger partial charge in [0.2, 0.25) is 5.91 Å². The fourth-order valence-corrected chi connectivity index (χ4v) is 4.18. The van der Waals surface area contributed by atoms with E-state index in [1.165, 1.54) is 11.3 Å². The first kappa shape index (κ1) is 30.8. The van der Waals surface area contributed by atoms with E-state index in [1.54, 1.807) is 24.4 Å². The van der Waals surface area contributed by atoms with Gasteiger partial charge in [0.1, 0.15) is 29.7 Å². The predicted molar refractivity (Wildman–Crippen MR) is 154 cm³/mol. The zero-order chi connectivity index (χ0) is 26.9. The maximum Gasteiger partial charge on any atom is 0.244 e. The Labute approximate surface area is 221 Å². The molecule has 0 bridgehead atoms. The first-order chi connectivity index (χ1) is 17.5. The molecule has 0 spiro atoms. The van der Waals surface area contributed by atoms with Gasteiger partial charge in [0, 0.05) is 55.9 Å². The largest absolute Gasteiger partial charge is 0.496 e. The van der Waals surface area contributed by atoms with Gasteiger partial charge in [0.05, 0.1) is 7.11 Å². The molecule has 0 unspecified atom stereocenters. The molecule has 0 radical (unpaired) electrons. The van der Waals surface area contributed by atoms with Crippen LogP contribution in [-0.4, -0.2) is 79.7 Å². The number of amides is 1. The molecule has 36 heavy (non-hydrogen) atoms. The molecular formula is C27H42N6O2S. The lowest BCUT2D eigenvalue weighted by atomic mass is 10.1. The van der Waals surface area contributed by atoms with E-state index in [9.17, 15) is 4.79 Å². The minimum atomic E-state index is 0.0237. The van der Waals surface area contributed by atoms with E-state index in [4.69, 9.17) is 4.74 Å². The van der Waals surface area contributed by atoms with Crippen LogP contribution in [0.3, 0.4) is 0 Å². The van der Waals surface area contributed by atoms with Crippen molar-refractivity contribution in [2.75, 3.05) is 51.4 Å².